The minimum Gasteiger partial charge on any atom is -0.495 e. The fraction of sp³-hybridized carbons (Fsp3) is 0.235. The maximum atomic E-state index is 12.1. The van der Waals surface area contributed by atoms with Crippen molar-refractivity contribution in [2.45, 2.75) is 19.8 Å². The largest absolute Gasteiger partial charge is 0.495 e. The van der Waals surface area contributed by atoms with Gasteiger partial charge in [-0.1, -0.05) is 39.7 Å². The molecule has 0 radical (unpaired) electrons. The van der Waals surface area contributed by atoms with Crippen molar-refractivity contribution in [2.24, 2.45) is 0 Å². The molecule has 116 valence electrons. The molecule has 0 heterocycles. The standard InChI is InChI=1S/C17H17BrClNO2/c1-11-3-6-13(18)10-15(11)20-17(21)8-5-12-4-7-16(22-2)14(19)9-12/h3-4,6-7,9-10H,5,8H2,1-2H3,(H,20,21). The van der Waals surface area contributed by atoms with Crippen LogP contribution < -0.4 is 10.1 Å². The molecule has 0 spiro atoms. The molecule has 2 rings (SSSR count). The summed E-state index contributed by atoms with van der Waals surface area (Å²) in [5.74, 6) is 0.618. The lowest BCUT2D eigenvalue weighted by atomic mass is 10.1. The second-order valence-corrected chi connectivity index (χ2v) is 6.30. The van der Waals surface area contributed by atoms with E-state index in [-0.39, 0.29) is 5.91 Å². The molecule has 0 fully saturated rings. The van der Waals surface area contributed by atoms with Gasteiger partial charge in [0.15, 0.2) is 0 Å². The topological polar surface area (TPSA) is 38.3 Å². The van der Waals surface area contributed by atoms with E-state index in [9.17, 15) is 4.79 Å². The van der Waals surface area contributed by atoms with Gasteiger partial charge in [0.05, 0.1) is 12.1 Å². The minimum absolute atomic E-state index is 0.0202. The third-order valence-corrected chi connectivity index (χ3v) is 4.12. The molecule has 0 aromatic heterocycles. The highest BCUT2D eigenvalue weighted by Gasteiger charge is 2.07. The number of carbonyl (C=O) groups excluding carboxylic acids is 1. The minimum atomic E-state index is -0.0202. The maximum absolute atomic E-state index is 12.1. The normalized spacial score (nSPS) is 10.4. The number of rotatable bonds is 5. The second-order valence-electron chi connectivity index (χ2n) is 4.98. The van der Waals surface area contributed by atoms with Crippen LogP contribution in [0.15, 0.2) is 40.9 Å². The molecule has 22 heavy (non-hydrogen) atoms. The van der Waals surface area contributed by atoms with Gasteiger partial charge in [-0.25, -0.2) is 0 Å². The number of nitrogens with one attached hydrogen (secondary N) is 1. The van der Waals surface area contributed by atoms with Gasteiger partial charge in [-0.15, -0.1) is 0 Å². The van der Waals surface area contributed by atoms with Gasteiger partial charge in [0.2, 0.25) is 5.91 Å². The van der Waals surface area contributed by atoms with Crippen LogP contribution in [0.4, 0.5) is 5.69 Å². The monoisotopic (exact) mass is 381 g/mol. The van der Waals surface area contributed by atoms with Crippen molar-refractivity contribution < 1.29 is 9.53 Å². The average Bonchev–Trinajstić information content (AvgIpc) is 2.49. The number of carbonyl (C=O) groups is 1. The fourth-order valence-corrected chi connectivity index (χ4v) is 2.71. The highest BCUT2D eigenvalue weighted by Crippen LogP contribution is 2.25. The molecule has 1 N–H and O–H groups in total. The van der Waals surface area contributed by atoms with E-state index in [1.54, 1.807) is 7.11 Å². The Labute approximate surface area is 143 Å². The van der Waals surface area contributed by atoms with E-state index in [1.807, 2.05) is 43.3 Å². The Bertz CT molecular complexity index is 688. The van der Waals surface area contributed by atoms with E-state index < -0.39 is 0 Å². The Morgan fingerprint density at radius 3 is 2.73 bits per heavy atom. The van der Waals surface area contributed by atoms with Crippen molar-refractivity contribution in [3.8, 4) is 5.75 Å². The molecule has 0 saturated heterocycles. The summed E-state index contributed by atoms with van der Waals surface area (Å²) in [6, 6.07) is 11.4. The van der Waals surface area contributed by atoms with Gasteiger partial charge >= 0.3 is 0 Å². The van der Waals surface area contributed by atoms with E-state index in [4.69, 9.17) is 16.3 Å². The van der Waals surface area contributed by atoms with Crippen molar-refractivity contribution in [1.29, 1.82) is 0 Å². The molecule has 2 aromatic carbocycles. The van der Waals surface area contributed by atoms with E-state index in [1.165, 1.54) is 0 Å². The fourth-order valence-electron chi connectivity index (χ4n) is 2.06. The number of ether oxygens (including phenoxy) is 1. The number of amides is 1. The molecular weight excluding hydrogens is 366 g/mol. The van der Waals surface area contributed by atoms with Crippen molar-refractivity contribution in [3.05, 3.63) is 57.0 Å². The van der Waals surface area contributed by atoms with Gasteiger partial charge in [0, 0.05) is 16.6 Å². The summed E-state index contributed by atoms with van der Waals surface area (Å²) >= 11 is 9.49. The van der Waals surface area contributed by atoms with Crippen LogP contribution in [-0.4, -0.2) is 13.0 Å². The zero-order chi connectivity index (χ0) is 16.1. The molecular formula is C17H17BrClNO2. The number of halogens is 2. The van der Waals surface area contributed by atoms with Crippen molar-refractivity contribution in [3.63, 3.8) is 0 Å². The quantitative estimate of drug-likeness (QED) is 0.791. The van der Waals surface area contributed by atoms with Crippen LogP contribution in [-0.2, 0) is 11.2 Å². The van der Waals surface area contributed by atoms with Crippen LogP contribution in [0.3, 0.4) is 0 Å². The lowest BCUT2D eigenvalue weighted by Gasteiger charge is -2.09. The first-order valence-electron chi connectivity index (χ1n) is 6.88. The molecule has 1 amide bonds. The Hall–Kier alpha value is -1.52. The maximum Gasteiger partial charge on any atom is 0.224 e. The Kier molecular flexibility index (Phi) is 5.86. The molecule has 3 nitrogen and oxygen atoms in total. The molecule has 0 aliphatic heterocycles. The second kappa shape index (κ2) is 7.65. The van der Waals surface area contributed by atoms with Crippen molar-refractivity contribution in [1.82, 2.24) is 0 Å². The van der Waals surface area contributed by atoms with Gasteiger partial charge in [0.25, 0.3) is 0 Å². The number of benzene rings is 2. The molecule has 0 aliphatic carbocycles. The summed E-state index contributed by atoms with van der Waals surface area (Å²) in [4.78, 5) is 12.1. The molecule has 0 saturated carbocycles. The van der Waals surface area contributed by atoms with Crippen LogP contribution in [0, 0.1) is 6.92 Å². The lowest BCUT2D eigenvalue weighted by Crippen LogP contribution is -2.13. The predicted molar refractivity (Wildman–Crippen MR) is 93.8 cm³/mol. The zero-order valence-corrected chi connectivity index (χ0v) is 14.8. The van der Waals surface area contributed by atoms with Crippen molar-refractivity contribution in [2.75, 3.05) is 12.4 Å². The van der Waals surface area contributed by atoms with E-state index in [2.05, 4.69) is 21.2 Å². The van der Waals surface area contributed by atoms with Gasteiger partial charge < -0.3 is 10.1 Å². The lowest BCUT2D eigenvalue weighted by molar-refractivity contribution is -0.116. The highest BCUT2D eigenvalue weighted by molar-refractivity contribution is 9.10. The van der Waals surface area contributed by atoms with Gasteiger partial charge in [-0.2, -0.15) is 0 Å². The van der Waals surface area contributed by atoms with E-state index >= 15 is 0 Å². The summed E-state index contributed by atoms with van der Waals surface area (Å²) < 4.78 is 6.05. The van der Waals surface area contributed by atoms with Gasteiger partial charge in [-0.3, -0.25) is 4.79 Å². The first kappa shape index (κ1) is 16.8. The average molecular weight is 383 g/mol. The zero-order valence-electron chi connectivity index (χ0n) is 12.5. The number of aryl methyl sites for hydroxylation is 2. The Morgan fingerprint density at radius 1 is 1.27 bits per heavy atom. The van der Waals surface area contributed by atoms with Gasteiger partial charge in [-0.05, 0) is 48.7 Å². The molecule has 5 heteroatoms. The molecule has 2 aromatic rings. The van der Waals surface area contributed by atoms with Crippen LogP contribution in [0.2, 0.25) is 5.02 Å². The van der Waals surface area contributed by atoms with Crippen LogP contribution in [0.25, 0.3) is 0 Å². The first-order valence-corrected chi connectivity index (χ1v) is 8.05. The number of methoxy groups -OCH3 is 1. The molecule has 0 unspecified atom stereocenters. The summed E-state index contributed by atoms with van der Waals surface area (Å²) in [6.45, 7) is 1.96. The Balaban J connectivity index is 1.95. The number of anilines is 1. The highest BCUT2D eigenvalue weighted by atomic mass is 79.9. The number of hydrogen-bond acceptors (Lipinski definition) is 2. The first-order chi connectivity index (χ1) is 10.5. The molecule has 0 aliphatic rings. The van der Waals surface area contributed by atoms with Gasteiger partial charge in [0.1, 0.15) is 5.75 Å². The summed E-state index contributed by atoms with van der Waals surface area (Å²) in [6.07, 6.45) is 1.03. The summed E-state index contributed by atoms with van der Waals surface area (Å²) in [5.41, 5.74) is 2.86. The third-order valence-electron chi connectivity index (χ3n) is 3.33. The van der Waals surface area contributed by atoms with E-state index in [0.717, 1.165) is 21.3 Å². The molecule has 0 bridgehead atoms. The molecule has 0 atom stereocenters. The van der Waals surface area contributed by atoms with E-state index in [0.29, 0.717) is 23.6 Å². The van der Waals surface area contributed by atoms with Crippen molar-refractivity contribution >= 4 is 39.1 Å². The SMILES string of the molecule is COc1ccc(CCC(=O)Nc2cc(Br)ccc2C)cc1Cl. The van der Waals surface area contributed by atoms with Crippen LogP contribution in [0.1, 0.15) is 17.5 Å². The van der Waals surface area contributed by atoms with Crippen LogP contribution in [0.5, 0.6) is 5.75 Å². The Morgan fingerprint density at radius 2 is 2.05 bits per heavy atom. The number of hydrogen-bond donors (Lipinski definition) is 1. The third kappa shape index (κ3) is 4.49. The summed E-state index contributed by atoms with van der Waals surface area (Å²) in [7, 11) is 1.58. The van der Waals surface area contributed by atoms with Crippen LogP contribution >= 0.6 is 27.5 Å². The smallest absolute Gasteiger partial charge is 0.224 e. The summed E-state index contributed by atoms with van der Waals surface area (Å²) in [5, 5.41) is 3.49. The predicted octanol–water partition coefficient (Wildman–Crippen LogP) is 4.99.